The molecule has 0 N–H and O–H groups in total. The number of rotatable bonds is 15. The van der Waals surface area contributed by atoms with Crippen LogP contribution < -0.4 is 0 Å². The number of hydrogen-bond acceptors (Lipinski definition) is 9. The summed E-state index contributed by atoms with van der Waals surface area (Å²) in [5.41, 5.74) is 0. The van der Waals surface area contributed by atoms with Crippen molar-refractivity contribution in [1.82, 2.24) is 0 Å². The van der Waals surface area contributed by atoms with Crippen LogP contribution in [0.2, 0.25) is 0 Å². The van der Waals surface area contributed by atoms with Crippen LogP contribution in [0.4, 0.5) is 0 Å². The molecular weight excluding hydrogens is 445 g/mol. The third kappa shape index (κ3) is 13.4. The highest BCUT2D eigenvalue weighted by atomic mass is 32.2. The van der Waals surface area contributed by atoms with Gasteiger partial charge in [-0.05, 0) is 30.1 Å². The maximum atomic E-state index is 4.90. The highest BCUT2D eigenvalue weighted by molar-refractivity contribution is 8.12. The standard InChI is InChI=1S/C13H28S9/c14-2-1-13(19,22-6-4-16)7-11(18)9-20-10-12(8-17)21-5-3-15/h11-12,14-19H,1-10H2. The second kappa shape index (κ2) is 16.3. The SMILES string of the molecule is SCCSC(CS)CSCC(S)CC(S)(CCS)SCCS. The average molecular weight is 473 g/mol. The molecule has 0 bridgehead atoms. The lowest BCUT2D eigenvalue weighted by atomic mass is 10.2. The molecule has 9 heteroatoms. The lowest BCUT2D eigenvalue weighted by Crippen LogP contribution is -2.25. The Bertz CT molecular complexity index is 254. The van der Waals surface area contributed by atoms with E-state index in [4.69, 9.17) is 25.3 Å². The summed E-state index contributed by atoms with van der Waals surface area (Å²) in [6.45, 7) is 0. The van der Waals surface area contributed by atoms with E-state index < -0.39 is 0 Å². The number of thioether (sulfide) groups is 3. The molecule has 0 aliphatic rings. The second-order valence-corrected chi connectivity index (χ2v) is 12.3. The Labute approximate surface area is 182 Å². The molecule has 3 atom stereocenters. The first-order valence-electron chi connectivity index (χ1n) is 7.18. The highest BCUT2D eigenvalue weighted by Crippen LogP contribution is 2.39. The zero-order valence-electron chi connectivity index (χ0n) is 12.6. The molecule has 134 valence electrons. The molecule has 3 unspecified atom stereocenters. The quantitative estimate of drug-likeness (QED) is 0.147. The first-order valence-corrected chi connectivity index (χ1v) is 13.9. The van der Waals surface area contributed by atoms with Crippen LogP contribution in [-0.4, -0.2) is 60.6 Å². The molecule has 0 heterocycles. The predicted molar refractivity (Wildman–Crippen MR) is 135 cm³/mol. The average Bonchev–Trinajstić information content (AvgIpc) is 2.48. The largest absolute Gasteiger partial charge is 0.179 e. The van der Waals surface area contributed by atoms with Crippen LogP contribution in [-0.2, 0) is 0 Å². The van der Waals surface area contributed by atoms with E-state index in [2.05, 4.69) is 50.5 Å². The van der Waals surface area contributed by atoms with Crippen LogP contribution in [0.15, 0.2) is 0 Å². The molecule has 0 nitrogen and oxygen atoms in total. The van der Waals surface area contributed by atoms with E-state index >= 15 is 0 Å². The first kappa shape index (κ1) is 25.1. The molecule has 0 saturated heterocycles. The summed E-state index contributed by atoms with van der Waals surface area (Å²) in [7, 11) is 0. The molecular formula is C13H28S9. The molecule has 0 amide bonds. The minimum atomic E-state index is -0.0266. The topological polar surface area (TPSA) is 0 Å². The summed E-state index contributed by atoms with van der Waals surface area (Å²) in [5.74, 6) is 7.92. The lowest BCUT2D eigenvalue weighted by Gasteiger charge is -2.30. The van der Waals surface area contributed by atoms with E-state index in [1.165, 1.54) is 0 Å². The smallest absolute Gasteiger partial charge is 0.0600 e. The molecule has 0 aromatic rings. The molecule has 0 aromatic heterocycles. The Morgan fingerprint density at radius 2 is 1.59 bits per heavy atom. The minimum absolute atomic E-state index is 0.0266. The van der Waals surface area contributed by atoms with Gasteiger partial charge in [-0.25, -0.2) is 0 Å². The van der Waals surface area contributed by atoms with Gasteiger partial charge in [0.15, 0.2) is 0 Å². The van der Waals surface area contributed by atoms with Crippen molar-refractivity contribution in [3.8, 4) is 0 Å². The van der Waals surface area contributed by atoms with E-state index in [9.17, 15) is 0 Å². The van der Waals surface area contributed by atoms with Gasteiger partial charge in [-0.2, -0.15) is 99.3 Å². The molecule has 0 aliphatic carbocycles. The third-order valence-electron chi connectivity index (χ3n) is 2.78. The molecule has 22 heavy (non-hydrogen) atoms. The summed E-state index contributed by atoms with van der Waals surface area (Å²) in [5, 5.41) is 0.975. The van der Waals surface area contributed by atoms with E-state index in [0.717, 1.165) is 58.9 Å². The van der Waals surface area contributed by atoms with Crippen molar-refractivity contribution in [2.45, 2.75) is 27.4 Å². The predicted octanol–water partition coefficient (Wildman–Crippen LogP) is 4.98. The Hall–Kier alpha value is 3.15. The Morgan fingerprint density at radius 3 is 2.14 bits per heavy atom. The maximum Gasteiger partial charge on any atom is 0.0600 e. The monoisotopic (exact) mass is 472 g/mol. The zero-order valence-corrected chi connectivity index (χ0v) is 20.4. The van der Waals surface area contributed by atoms with Gasteiger partial charge < -0.3 is 0 Å². The fourth-order valence-electron chi connectivity index (χ4n) is 1.78. The van der Waals surface area contributed by atoms with Crippen LogP contribution in [0.5, 0.6) is 0 Å². The van der Waals surface area contributed by atoms with Crippen molar-refractivity contribution in [2.75, 3.05) is 46.0 Å². The molecule has 0 rings (SSSR count). The van der Waals surface area contributed by atoms with Gasteiger partial charge in [0, 0.05) is 39.3 Å². The summed E-state index contributed by atoms with van der Waals surface area (Å²) in [4.78, 5) is 0. The Kier molecular flexibility index (Phi) is 18.7. The zero-order chi connectivity index (χ0) is 16.8. The van der Waals surface area contributed by atoms with Crippen LogP contribution in [0, 0.1) is 0 Å². The third-order valence-corrected chi connectivity index (χ3v) is 10.2. The molecule has 0 saturated carbocycles. The van der Waals surface area contributed by atoms with Crippen molar-refractivity contribution in [2.24, 2.45) is 0 Å². The van der Waals surface area contributed by atoms with Crippen molar-refractivity contribution >= 4 is 111 Å². The molecule has 0 radical (unpaired) electrons. The second-order valence-electron chi connectivity index (χ2n) is 4.79. The van der Waals surface area contributed by atoms with Gasteiger partial charge in [0.05, 0.1) is 4.08 Å². The fourth-order valence-corrected chi connectivity index (χ4v) is 8.36. The normalized spacial score (nSPS) is 17.2. The van der Waals surface area contributed by atoms with E-state index in [1.54, 1.807) is 0 Å². The van der Waals surface area contributed by atoms with E-state index in [-0.39, 0.29) is 4.08 Å². The van der Waals surface area contributed by atoms with Gasteiger partial charge in [0.2, 0.25) is 0 Å². The highest BCUT2D eigenvalue weighted by Gasteiger charge is 2.27. The lowest BCUT2D eigenvalue weighted by molar-refractivity contribution is 0.703. The minimum Gasteiger partial charge on any atom is -0.179 e. The van der Waals surface area contributed by atoms with Crippen molar-refractivity contribution in [1.29, 1.82) is 0 Å². The van der Waals surface area contributed by atoms with Gasteiger partial charge >= 0.3 is 0 Å². The van der Waals surface area contributed by atoms with Gasteiger partial charge in [0.25, 0.3) is 0 Å². The van der Waals surface area contributed by atoms with Gasteiger partial charge in [-0.1, -0.05) is 0 Å². The van der Waals surface area contributed by atoms with Crippen molar-refractivity contribution in [3.05, 3.63) is 0 Å². The van der Waals surface area contributed by atoms with Crippen LogP contribution in [0.3, 0.4) is 0 Å². The molecule has 0 spiro atoms. The Morgan fingerprint density at radius 1 is 0.909 bits per heavy atom. The fraction of sp³-hybridized carbons (Fsp3) is 1.00. The number of hydrogen-bond donors (Lipinski definition) is 6. The summed E-state index contributed by atoms with van der Waals surface area (Å²) in [6.07, 6.45) is 2.00. The van der Waals surface area contributed by atoms with E-state index in [0.29, 0.717) is 10.5 Å². The summed E-state index contributed by atoms with van der Waals surface area (Å²) in [6, 6.07) is 0. The summed E-state index contributed by atoms with van der Waals surface area (Å²) >= 11 is 32.9. The van der Waals surface area contributed by atoms with Crippen LogP contribution >= 0.6 is 111 Å². The number of thiol groups is 6. The molecule has 0 fully saturated rings. The maximum absolute atomic E-state index is 4.90. The first-order chi connectivity index (χ1) is 10.5. The van der Waals surface area contributed by atoms with Gasteiger partial charge in [-0.15, -0.1) is 11.8 Å². The van der Waals surface area contributed by atoms with Crippen molar-refractivity contribution in [3.63, 3.8) is 0 Å². The van der Waals surface area contributed by atoms with Gasteiger partial charge in [-0.3, -0.25) is 0 Å². The van der Waals surface area contributed by atoms with Crippen LogP contribution in [0.25, 0.3) is 0 Å². The van der Waals surface area contributed by atoms with Crippen molar-refractivity contribution < 1.29 is 0 Å². The van der Waals surface area contributed by atoms with Crippen LogP contribution in [0.1, 0.15) is 12.8 Å². The molecule has 0 aromatic carbocycles. The summed E-state index contributed by atoms with van der Waals surface area (Å²) < 4.78 is -0.0266. The molecule has 0 aliphatic heterocycles. The van der Waals surface area contributed by atoms with Gasteiger partial charge in [0.1, 0.15) is 0 Å². The Balaban J connectivity index is 4.09. The van der Waals surface area contributed by atoms with E-state index in [1.807, 2.05) is 35.3 Å².